The zero-order chi connectivity index (χ0) is 17.8. The first-order valence-electron chi connectivity index (χ1n) is 8.30. The Bertz CT molecular complexity index is 867. The molecule has 1 aromatic heterocycles. The highest BCUT2D eigenvalue weighted by Gasteiger charge is 2.09. The summed E-state index contributed by atoms with van der Waals surface area (Å²) < 4.78 is 1.93. The van der Waals surface area contributed by atoms with Crippen molar-refractivity contribution in [2.75, 3.05) is 0 Å². The number of carboxylic acid groups (broad SMARTS) is 1. The van der Waals surface area contributed by atoms with Crippen LogP contribution in [0.1, 0.15) is 52.6 Å². The molecule has 0 aliphatic rings. The third kappa shape index (κ3) is 4.12. The number of aromatic nitrogens is 3. The summed E-state index contributed by atoms with van der Waals surface area (Å²) in [5.41, 5.74) is 3.62. The number of hydrogen-bond donors (Lipinski definition) is 1. The van der Waals surface area contributed by atoms with Crippen molar-refractivity contribution in [2.45, 2.75) is 32.7 Å². The van der Waals surface area contributed by atoms with Gasteiger partial charge in [-0.05, 0) is 35.2 Å². The molecule has 0 saturated heterocycles. The molecule has 1 heterocycles. The van der Waals surface area contributed by atoms with Crippen LogP contribution in [0.15, 0.2) is 54.9 Å². The Hall–Kier alpha value is -2.95. The van der Waals surface area contributed by atoms with Crippen LogP contribution in [0, 0.1) is 0 Å². The summed E-state index contributed by atoms with van der Waals surface area (Å²) in [5, 5.41) is 13.4. The van der Waals surface area contributed by atoms with Crippen LogP contribution in [-0.4, -0.2) is 25.8 Å². The number of benzene rings is 2. The van der Waals surface area contributed by atoms with Crippen LogP contribution in [0.3, 0.4) is 0 Å². The molecule has 0 fully saturated rings. The second-order valence-electron chi connectivity index (χ2n) is 6.43. The van der Waals surface area contributed by atoms with Crippen molar-refractivity contribution in [3.8, 4) is 0 Å². The summed E-state index contributed by atoms with van der Waals surface area (Å²) in [6, 6.07) is 15.4. The Labute approximate surface area is 147 Å². The molecule has 0 amide bonds. The van der Waals surface area contributed by atoms with Gasteiger partial charge >= 0.3 is 5.97 Å². The number of aromatic carboxylic acids is 1. The zero-order valence-electron chi connectivity index (χ0n) is 14.4. The first-order valence-corrected chi connectivity index (χ1v) is 8.30. The fraction of sp³-hybridized carbons (Fsp3) is 0.250. The molecule has 25 heavy (non-hydrogen) atoms. The predicted molar refractivity (Wildman–Crippen MR) is 95.9 cm³/mol. The van der Waals surface area contributed by atoms with E-state index >= 15 is 0 Å². The van der Waals surface area contributed by atoms with Crippen molar-refractivity contribution in [1.82, 2.24) is 14.8 Å². The summed E-state index contributed by atoms with van der Waals surface area (Å²) in [5.74, 6) is 0.420. The highest BCUT2D eigenvalue weighted by Crippen LogP contribution is 2.15. The molecule has 2 aromatic carbocycles. The maximum atomic E-state index is 11.1. The molecule has 0 aliphatic carbocycles. The van der Waals surface area contributed by atoms with E-state index in [-0.39, 0.29) is 0 Å². The van der Waals surface area contributed by atoms with Gasteiger partial charge < -0.3 is 5.11 Å². The van der Waals surface area contributed by atoms with Crippen molar-refractivity contribution in [2.24, 2.45) is 0 Å². The molecule has 0 unspecified atom stereocenters. The monoisotopic (exact) mass is 335 g/mol. The second kappa shape index (κ2) is 7.30. The zero-order valence-corrected chi connectivity index (χ0v) is 14.4. The first-order chi connectivity index (χ1) is 12.0. The normalized spacial score (nSPS) is 11.0. The molecule has 3 rings (SSSR count). The maximum absolute atomic E-state index is 11.1. The molecule has 5 heteroatoms. The van der Waals surface area contributed by atoms with Gasteiger partial charge in [0.25, 0.3) is 0 Å². The lowest BCUT2D eigenvalue weighted by atomic mass is 10.0. The second-order valence-corrected chi connectivity index (χ2v) is 6.43. The van der Waals surface area contributed by atoms with Crippen LogP contribution < -0.4 is 0 Å². The van der Waals surface area contributed by atoms with Crippen LogP contribution >= 0.6 is 0 Å². The lowest BCUT2D eigenvalue weighted by Crippen LogP contribution is -2.08. The van der Waals surface area contributed by atoms with Crippen molar-refractivity contribution < 1.29 is 9.90 Å². The minimum Gasteiger partial charge on any atom is -0.478 e. The van der Waals surface area contributed by atoms with E-state index in [1.807, 2.05) is 10.7 Å². The van der Waals surface area contributed by atoms with E-state index in [1.165, 1.54) is 0 Å². The molecule has 0 radical (unpaired) electrons. The van der Waals surface area contributed by atoms with Crippen molar-refractivity contribution in [3.05, 3.63) is 82.9 Å². The maximum Gasteiger partial charge on any atom is 0.335 e. The fourth-order valence-corrected chi connectivity index (χ4v) is 2.83. The predicted octanol–water partition coefficient (Wildman–Crippen LogP) is 3.74. The van der Waals surface area contributed by atoms with E-state index in [2.05, 4.69) is 48.2 Å². The van der Waals surface area contributed by atoms with Gasteiger partial charge in [-0.2, -0.15) is 5.10 Å². The van der Waals surface area contributed by atoms with Crippen molar-refractivity contribution in [1.29, 1.82) is 0 Å². The van der Waals surface area contributed by atoms with Crippen molar-refractivity contribution >= 4 is 5.97 Å². The number of carbonyl (C=O) groups is 1. The summed E-state index contributed by atoms with van der Waals surface area (Å²) >= 11 is 0. The number of nitrogens with zero attached hydrogens (tertiary/aromatic N) is 3. The van der Waals surface area contributed by atoms with E-state index in [0.29, 0.717) is 24.4 Å². The smallest absolute Gasteiger partial charge is 0.335 e. The molecule has 128 valence electrons. The Balaban J connectivity index is 1.71. The van der Waals surface area contributed by atoms with E-state index < -0.39 is 5.97 Å². The van der Waals surface area contributed by atoms with E-state index in [4.69, 9.17) is 5.11 Å². The lowest BCUT2D eigenvalue weighted by Gasteiger charge is -2.09. The minimum atomic E-state index is -0.897. The van der Waals surface area contributed by atoms with Crippen LogP contribution in [0.5, 0.6) is 0 Å². The minimum absolute atomic E-state index is 0.321. The standard InChI is InChI=1S/C20H21N3O2/c1-14(2)19-21-13-22-23(19)12-16-8-6-15(7-9-16)10-17-4-3-5-18(11-17)20(24)25/h3-9,11,13-14H,10,12H2,1-2H3,(H,24,25). The topological polar surface area (TPSA) is 68.0 Å². The number of rotatable bonds is 6. The highest BCUT2D eigenvalue weighted by molar-refractivity contribution is 5.87. The molecule has 0 saturated carbocycles. The van der Waals surface area contributed by atoms with Gasteiger partial charge in [-0.15, -0.1) is 0 Å². The fourth-order valence-electron chi connectivity index (χ4n) is 2.83. The summed E-state index contributed by atoms with van der Waals surface area (Å²) in [6.45, 7) is 4.91. The number of hydrogen-bond acceptors (Lipinski definition) is 3. The van der Waals surface area contributed by atoms with Gasteiger partial charge in [0, 0.05) is 5.92 Å². The largest absolute Gasteiger partial charge is 0.478 e. The van der Waals surface area contributed by atoms with E-state index in [1.54, 1.807) is 24.5 Å². The molecule has 1 N–H and O–H groups in total. The van der Waals surface area contributed by atoms with Gasteiger partial charge in [0.1, 0.15) is 12.2 Å². The van der Waals surface area contributed by atoms with Gasteiger partial charge in [-0.3, -0.25) is 0 Å². The quantitative estimate of drug-likeness (QED) is 0.745. The van der Waals surface area contributed by atoms with Gasteiger partial charge in [-0.25, -0.2) is 14.5 Å². The Morgan fingerprint density at radius 2 is 1.80 bits per heavy atom. The van der Waals surface area contributed by atoms with E-state index in [9.17, 15) is 4.79 Å². The molecule has 0 atom stereocenters. The molecule has 5 nitrogen and oxygen atoms in total. The van der Waals surface area contributed by atoms with Crippen molar-refractivity contribution in [3.63, 3.8) is 0 Å². The van der Waals surface area contributed by atoms with E-state index in [0.717, 1.165) is 22.5 Å². The molecule has 3 aromatic rings. The van der Waals surface area contributed by atoms with Crippen LogP contribution in [0.2, 0.25) is 0 Å². The molecule has 0 bridgehead atoms. The SMILES string of the molecule is CC(C)c1ncnn1Cc1ccc(Cc2cccc(C(=O)O)c2)cc1. The van der Waals surface area contributed by atoms with Gasteiger partial charge in [-0.1, -0.05) is 50.2 Å². The van der Waals surface area contributed by atoms with Crippen LogP contribution in [0.4, 0.5) is 0 Å². The molecule has 0 aliphatic heterocycles. The third-order valence-corrected chi connectivity index (χ3v) is 4.10. The third-order valence-electron chi connectivity index (χ3n) is 4.10. The Morgan fingerprint density at radius 3 is 2.48 bits per heavy atom. The van der Waals surface area contributed by atoms with Gasteiger partial charge in [0.2, 0.25) is 0 Å². The molecular formula is C20H21N3O2. The Kier molecular flexibility index (Phi) is 4.93. The molecular weight excluding hydrogens is 314 g/mol. The summed E-state index contributed by atoms with van der Waals surface area (Å²) in [6.07, 6.45) is 2.31. The van der Waals surface area contributed by atoms with Gasteiger partial charge in [0.15, 0.2) is 0 Å². The lowest BCUT2D eigenvalue weighted by molar-refractivity contribution is 0.0696. The number of carboxylic acids is 1. The average molecular weight is 335 g/mol. The van der Waals surface area contributed by atoms with Crippen LogP contribution in [-0.2, 0) is 13.0 Å². The molecule has 0 spiro atoms. The average Bonchev–Trinajstić information content (AvgIpc) is 3.05. The van der Waals surface area contributed by atoms with Gasteiger partial charge in [0.05, 0.1) is 12.1 Å². The van der Waals surface area contributed by atoms with Crippen LogP contribution in [0.25, 0.3) is 0 Å². The Morgan fingerprint density at radius 1 is 1.08 bits per heavy atom. The summed E-state index contributed by atoms with van der Waals surface area (Å²) in [7, 11) is 0. The summed E-state index contributed by atoms with van der Waals surface area (Å²) in [4.78, 5) is 15.4. The highest BCUT2D eigenvalue weighted by atomic mass is 16.4. The first kappa shape index (κ1) is 16.9.